The van der Waals surface area contributed by atoms with Gasteiger partial charge in [0, 0.05) is 5.56 Å². The van der Waals surface area contributed by atoms with Crippen LogP contribution in [0, 0.1) is 0 Å². The molecule has 0 aliphatic rings. The van der Waals surface area contributed by atoms with Crippen LogP contribution < -0.4 is 10.1 Å². The normalized spacial score (nSPS) is 10.9. The van der Waals surface area contributed by atoms with E-state index in [0.717, 1.165) is 0 Å². The maximum atomic E-state index is 12.2. The van der Waals surface area contributed by atoms with E-state index in [1.165, 1.54) is 11.3 Å². The van der Waals surface area contributed by atoms with Crippen molar-refractivity contribution in [1.29, 1.82) is 0 Å². The fraction of sp³-hybridized carbons (Fsp3) is 0.188. The lowest BCUT2D eigenvalue weighted by Gasteiger charge is -2.09. The first kappa shape index (κ1) is 17.7. The molecule has 0 spiro atoms. The van der Waals surface area contributed by atoms with Crippen LogP contribution >= 0.6 is 34.5 Å². The standard InChI is InChI=1S/C16H13Cl2N3O3S/c1-8(2)23-10-5-3-9(4-6-10)14(22)19-16-21-20-15(24-16)11-7-12(17)25-13(11)18/h3-8H,1-2H3,(H,19,21,22). The van der Waals surface area contributed by atoms with Gasteiger partial charge in [-0.05, 0) is 44.2 Å². The van der Waals surface area contributed by atoms with Gasteiger partial charge in [-0.3, -0.25) is 10.1 Å². The highest BCUT2D eigenvalue weighted by atomic mass is 35.5. The van der Waals surface area contributed by atoms with Crippen LogP contribution in [0.3, 0.4) is 0 Å². The predicted molar refractivity (Wildman–Crippen MR) is 97.8 cm³/mol. The van der Waals surface area contributed by atoms with E-state index in [4.69, 9.17) is 32.4 Å². The molecular formula is C16H13Cl2N3O3S. The van der Waals surface area contributed by atoms with Gasteiger partial charge in [0.05, 0.1) is 16.0 Å². The van der Waals surface area contributed by atoms with Crippen molar-refractivity contribution >= 4 is 46.5 Å². The predicted octanol–water partition coefficient (Wildman–Crippen LogP) is 5.14. The monoisotopic (exact) mass is 397 g/mol. The highest BCUT2D eigenvalue weighted by molar-refractivity contribution is 7.20. The lowest BCUT2D eigenvalue weighted by Crippen LogP contribution is -2.12. The van der Waals surface area contributed by atoms with E-state index in [2.05, 4.69) is 15.5 Å². The summed E-state index contributed by atoms with van der Waals surface area (Å²) in [6.45, 7) is 3.86. The molecule has 0 aliphatic heterocycles. The first-order valence-electron chi connectivity index (χ1n) is 7.29. The molecule has 2 heterocycles. The number of hydrogen-bond acceptors (Lipinski definition) is 6. The van der Waals surface area contributed by atoms with Crippen LogP contribution in [0.2, 0.25) is 8.67 Å². The van der Waals surface area contributed by atoms with Crippen LogP contribution in [0.4, 0.5) is 6.01 Å². The Kier molecular flexibility index (Phi) is 5.27. The number of hydrogen-bond donors (Lipinski definition) is 1. The summed E-state index contributed by atoms with van der Waals surface area (Å²) in [4.78, 5) is 12.2. The third-order valence-corrected chi connectivity index (χ3v) is 4.51. The van der Waals surface area contributed by atoms with Crippen LogP contribution in [-0.2, 0) is 0 Å². The summed E-state index contributed by atoms with van der Waals surface area (Å²) in [5.41, 5.74) is 0.965. The van der Waals surface area contributed by atoms with Crippen molar-refractivity contribution in [3.8, 4) is 17.2 Å². The topological polar surface area (TPSA) is 77.2 Å². The van der Waals surface area contributed by atoms with Crippen LogP contribution in [0.5, 0.6) is 5.75 Å². The number of carbonyl (C=O) groups is 1. The number of halogens is 2. The van der Waals surface area contributed by atoms with Crippen LogP contribution in [0.1, 0.15) is 24.2 Å². The first-order valence-corrected chi connectivity index (χ1v) is 8.86. The number of nitrogens with one attached hydrogen (secondary N) is 1. The first-order chi connectivity index (χ1) is 11.9. The van der Waals surface area contributed by atoms with E-state index in [-0.39, 0.29) is 23.9 Å². The van der Waals surface area contributed by atoms with Gasteiger partial charge in [-0.15, -0.1) is 16.4 Å². The average Bonchev–Trinajstić information content (AvgIpc) is 3.13. The van der Waals surface area contributed by atoms with E-state index >= 15 is 0 Å². The van der Waals surface area contributed by atoms with E-state index in [9.17, 15) is 4.79 Å². The van der Waals surface area contributed by atoms with Gasteiger partial charge in [0.2, 0.25) is 0 Å². The maximum Gasteiger partial charge on any atom is 0.322 e. The average molecular weight is 398 g/mol. The van der Waals surface area contributed by atoms with Gasteiger partial charge in [-0.2, -0.15) is 0 Å². The molecule has 0 aliphatic carbocycles. The summed E-state index contributed by atoms with van der Waals surface area (Å²) in [7, 11) is 0. The fourth-order valence-electron chi connectivity index (χ4n) is 1.99. The van der Waals surface area contributed by atoms with E-state index in [0.29, 0.717) is 25.5 Å². The Labute approximate surface area is 157 Å². The van der Waals surface area contributed by atoms with Gasteiger partial charge in [-0.1, -0.05) is 28.3 Å². The van der Waals surface area contributed by atoms with Crippen LogP contribution in [0.25, 0.3) is 11.5 Å². The number of rotatable bonds is 5. The second-order valence-corrected chi connectivity index (χ2v) is 7.58. The molecule has 1 N–H and O–H groups in total. The minimum absolute atomic E-state index is 0.0269. The molecule has 0 radical (unpaired) electrons. The van der Waals surface area contributed by atoms with Crippen molar-refractivity contribution in [2.45, 2.75) is 20.0 Å². The van der Waals surface area contributed by atoms with Crippen molar-refractivity contribution in [2.75, 3.05) is 5.32 Å². The van der Waals surface area contributed by atoms with E-state index < -0.39 is 0 Å². The van der Waals surface area contributed by atoms with Crippen molar-refractivity contribution < 1.29 is 13.9 Å². The second-order valence-electron chi connectivity index (χ2n) is 5.30. The molecule has 1 aromatic carbocycles. The minimum Gasteiger partial charge on any atom is -0.491 e. The molecule has 0 unspecified atom stereocenters. The summed E-state index contributed by atoms with van der Waals surface area (Å²) in [6, 6.07) is 8.35. The molecule has 25 heavy (non-hydrogen) atoms. The number of amides is 1. The molecule has 3 rings (SSSR count). The third-order valence-electron chi connectivity index (χ3n) is 3.02. The zero-order valence-corrected chi connectivity index (χ0v) is 15.6. The van der Waals surface area contributed by atoms with Crippen LogP contribution in [0.15, 0.2) is 34.7 Å². The summed E-state index contributed by atoms with van der Waals surface area (Å²) in [6.07, 6.45) is 0.0638. The van der Waals surface area contributed by atoms with Gasteiger partial charge < -0.3 is 9.15 Å². The number of carbonyl (C=O) groups excluding carboxylic acids is 1. The molecule has 0 fully saturated rings. The number of anilines is 1. The molecule has 1 amide bonds. The Hall–Kier alpha value is -2.09. The Morgan fingerprint density at radius 2 is 1.96 bits per heavy atom. The largest absolute Gasteiger partial charge is 0.491 e. The maximum absolute atomic E-state index is 12.2. The van der Waals surface area contributed by atoms with Crippen LogP contribution in [-0.4, -0.2) is 22.2 Å². The van der Waals surface area contributed by atoms with Gasteiger partial charge in [0.15, 0.2) is 0 Å². The molecule has 9 heteroatoms. The number of benzene rings is 1. The summed E-state index contributed by atoms with van der Waals surface area (Å²) < 4.78 is 11.9. The highest BCUT2D eigenvalue weighted by Crippen LogP contribution is 2.37. The molecule has 3 aromatic rings. The minimum atomic E-state index is -0.374. The Bertz CT molecular complexity index is 890. The molecular weight excluding hydrogens is 385 g/mol. The van der Waals surface area contributed by atoms with Gasteiger partial charge in [0.25, 0.3) is 11.8 Å². The SMILES string of the molecule is CC(C)Oc1ccc(C(=O)Nc2nnc(-c3cc(Cl)sc3Cl)o2)cc1. The smallest absolute Gasteiger partial charge is 0.322 e. The molecule has 2 aromatic heterocycles. The zero-order valence-electron chi connectivity index (χ0n) is 13.2. The Morgan fingerprint density at radius 3 is 2.56 bits per heavy atom. The molecule has 6 nitrogen and oxygen atoms in total. The van der Waals surface area contributed by atoms with E-state index in [1.54, 1.807) is 30.3 Å². The Morgan fingerprint density at radius 1 is 1.24 bits per heavy atom. The van der Waals surface area contributed by atoms with Gasteiger partial charge in [-0.25, -0.2) is 0 Å². The summed E-state index contributed by atoms with van der Waals surface area (Å²) >= 11 is 13.1. The highest BCUT2D eigenvalue weighted by Gasteiger charge is 2.17. The Balaban J connectivity index is 1.70. The van der Waals surface area contributed by atoms with Crippen molar-refractivity contribution in [1.82, 2.24) is 10.2 Å². The molecule has 130 valence electrons. The number of ether oxygens (including phenoxy) is 1. The quantitative estimate of drug-likeness (QED) is 0.644. The second kappa shape index (κ2) is 7.43. The molecule has 0 atom stereocenters. The zero-order chi connectivity index (χ0) is 18.0. The number of aromatic nitrogens is 2. The van der Waals surface area contributed by atoms with Gasteiger partial charge in [0.1, 0.15) is 10.1 Å². The number of nitrogens with zero attached hydrogens (tertiary/aromatic N) is 2. The lowest BCUT2D eigenvalue weighted by molar-refractivity contribution is 0.102. The molecule has 0 saturated heterocycles. The summed E-state index contributed by atoms with van der Waals surface area (Å²) in [5.74, 6) is 0.500. The lowest BCUT2D eigenvalue weighted by atomic mass is 10.2. The third kappa shape index (κ3) is 4.31. The van der Waals surface area contributed by atoms with Gasteiger partial charge >= 0.3 is 6.01 Å². The summed E-state index contributed by atoms with van der Waals surface area (Å²) in [5, 5.41) is 10.2. The molecule has 0 saturated carbocycles. The van der Waals surface area contributed by atoms with Crippen molar-refractivity contribution in [3.63, 3.8) is 0 Å². The van der Waals surface area contributed by atoms with Crippen molar-refractivity contribution in [2.24, 2.45) is 0 Å². The molecule has 0 bridgehead atoms. The van der Waals surface area contributed by atoms with Crippen molar-refractivity contribution in [3.05, 3.63) is 44.6 Å². The number of thiophene rings is 1. The van der Waals surface area contributed by atoms with E-state index in [1.807, 2.05) is 13.8 Å². The fourth-order valence-corrected chi connectivity index (χ4v) is 3.44.